The molecule has 122 valence electrons. The van der Waals surface area contributed by atoms with Crippen LogP contribution in [0.3, 0.4) is 0 Å². The Kier molecular flexibility index (Phi) is 3.81. The lowest BCUT2D eigenvalue weighted by atomic mass is 9.95. The van der Waals surface area contributed by atoms with Crippen LogP contribution in [-0.2, 0) is 17.3 Å². The maximum atomic E-state index is 12.8. The Morgan fingerprint density at radius 2 is 2.17 bits per heavy atom. The van der Waals surface area contributed by atoms with E-state index in [9.17, 15) is 4.79 Å². The zero-order valence-corrected chi connectivity index (χ0v) is 15.5. The Hall–Kier alpha value is -1.92. The van der Waals surface area contributed by atoms with Gasteiger partial charge in [0.25, 0.3) is 0 Å². The van der Waals surface area contributed by atoms with Crippen LogP contribution in [0.5, 0.6) is 0 Å². The highest BCUT2D eigenvalue weighted by atomic mass is 79.9. The fraction of sp³-hybridized carbons (Fsp3) is 0.222. The van der Waals surface area contributed by atoms with E-state index in [1.807, 2.05) is 59.6 Å². The van der Waals surface area contributed by atoms with Crippen LogP contribution in [0, 0.1) is 0 Å². The molecule has 6 heteroatoms. The number of aromatic nitrogens is 2. The number of thiazole rings is 1. The smallest absolute Gasteiger partial charge is 0.236 e. The van der Waals surface area contributed by atoms with Crippen molar-refractivity contribution in [3.8, 4) is 11.4 Å². The SMILES string of the molecule is Cn1cccc1-c1csc(NC(=O)C2(c3cccc(Br)c3)CC2)n1. The number of anilines is 1. The van der Waals surface area contributed by atoms with Crippen molar-refractivity contribution in [1.29, 1.82) is 0 Å². The molecule has 0 aliphatic heterocycles. The number of benzene rings is 1. The molecule has 1 aliphatic rings. The summed E-state index contributed by atoms with van der Waals surface area (Å²) in [5, 5.41) is 5.63. The fourth-order valence-corrected chi connectivity index (χ4v) is 4.05. The number of rotatable bonds is 4. The van der Waals surface area contributed by atoms with Crippen molar-refractivity contribution in [1.82, 2.24) is 9.55 Å². The zero-order valence-electron chi connectivity index (χ0n) is 13.1. The van der Waals surface area contributed by atoms with Crippen molar-refractivity contribution < 1.29 is 4.79 Å². The molecule has 0 saturated heterocycles. The molecule has 0 spiro atoms. The monoisotopic (exact) mass is 401 g/mol. The number of amides is 1. The van der Waals surface area contributed by atoms with Gasteiger partial charge < -0.3 is 9.88 Å². The third-order valence-electron chi connectivity index (χ3n) is 4.49. The lowest BCUT2D eigenvalue weighted by molar-refractivity contribution is -0.118. The van der Waals surface area contributed by atoms with E-state index < -0.39 is 5.41 Å². The number of hydrogen-bond acceptors (Lipinski definition) is 3. The Morgan fingerprint density at radius 1 is 1.33 bits per heavy atom. The maximum absolute atomic E-state index is 12.8. The van der Waals surface area contributed by atoms with Crippen LogP contribution in [0.1, 0.15) is 18.4 Å². The molecule has 24 heavy (non-hydrogen) atoms. The fourth-order valence-electron chi connectivity index (χ4n) is 2.95. The molecule has 0 atom stereocenters. The summed E-state index contributed by atoms with van der Waals surface area (Å²) in [6.07, 6.45) is 3.75. The molecule has 2 heterocycles. The second-order valence-electron chi connectivity index (χ2n) is 6.09. The standard InChI is InChI=1S/C18H16BrN3OS/c1-22-9-3-6-15(22)14-11-24-17(20-14)21-16(23)18(7-8-18)12-4-2-5-13(19)10-12/h2-6,9-11H,7-8H2,1H3,(H,20,21,23). The van der Waals surface area contributed by atoms with Gasteiger partial charge in [-0.05, 0) is 42.7 Å². The molecule has 0 unspecified atom stereocenters. The number of carbonyl (C=O) groups is 1. The summed E-state index contributed by atoms with van der Waals surface area (Å²) in [4.78, 5) is 17.4. The lowest BCUT2D eigenvalue weighted by Crippen LogP contribution is -2.27. The van der Waals surface area contributed by atoms with Gasteiger partial charge in [-0.25, -0.2) is 4.98 Å². The average Bonchev–Trinajstić information content (AvgIpc) is 3.08. The molecular formula is C18H16BrN3OS. The molecule has 4 nitrogen and oxygen atoms in total. The van der Waals surface area contributed by atoms with E-state index in [2.05, 4.69) is 26.2 Å². The van der Waals surface area contributed by atoms with Crippen molar-refractivity contribution >= 4 is 38.3 Å². The summed E-state index contributed by atoms with van der Waals surface area (Å²) in [7, 11) is 1.99. The molecule has 1 amide bonds. The van der Waals surface area contributed by atoms with Crippen LogP contribution in [0.15, 0.2) is 52.4 Å². The van der Waals surface area contributed by atoms with Crippen molar-refractivity contribution in [3.63, 3.8) is 0 Å². The van der Waals surface area contributed by atoms with Gasteiger partial charge in [-0.15, -0.1) is 11.3 Å². The molecule has 1 N–H and O–H groups in total. The van der Waals surface area contributed by atoms with Crippen molar-refractivity contribution in [2.24, 2.45) is 7.05 Å². The minimum atomic E-state index is -0.402. The van der Waals surface area contributed by atoms with Gasteiger partial charge >= 0.3 is 0 Å². The van der Waals surface area contributed by atoms with Gasteiger partial charge in [0.1, 0.15) is 0 Å². The highest BCUT2D eigenvalue weighted by Gasteiger charge is 2.51. The van der Waals surface area contributed by atoms with Gasteiger partial charge in [0, 0.05) is 23.1 Å². The van der Waals surface area contributed by atoms with E-state index in [0.29, 0.717) is 5.13 Å². The van der Waals surface area contributed by atoms with Crippen LogP contribution in [-0.4, -0.2) is 15.5 Å². The molecule has 1 aromatic carbocycles. The van der Waals surface area contributed by atoms with E-state index in [1.165, 1.54) is 11.3 Å². The van der Waals surface area contributed by atoms with E-state index in [-0.39, 0.29) is 5.91 Å². The van der Waals surface area contributed by atoms with Crippen molar-refractivity contribution in [3.05, 3.63) is 58.0 Å². The third-order valence-corrected chi connectivity index (χ3v) is 5.74. The lowest BCUT2D eigenvalue weighted by Gasteiger charge is -2.14. The van der Waals surface area contributed by atoms with Gasteiger partial charge in [0.15, 0.2) is 5.13 Å². The van der Waals surface area contributed by atoms with Crippen molar-refractivity contribution in [2.45, 2.75) is 18.3 Å². The Balaban J connectivity index is 1.55. The molecule has 1 saturated carbocycles. The minimum Gasteiger partial charge on any atom is -0.349 e. The largest absolute Gasteiger partial charge is 0.349 e. The second-order valence-corrected chi connectivity index (χ2v) is 7.86. The van der Waals surface area contributed by atoms with Crippen LogP contribution in [0.4, 0.5) is 5.13 Å². The van der Waals surface area contributed by atoms with Crippen LogP contribution >= 0.6 is 27.3 Å². The highest BCUT2D eigenvalue weighted by molar-refractivity contribution is 9.10. The number of nitrogens with zero attached hydrogens (tertiary/aromatic N) is 2. The molecule has 2 aromatic heterocycles. The number of aryl methyl sites for hydroxylation is 1. The summed E-state index contributed by atoms with van der Waals surface area (Å²) in [6.45, 7) is 0. The van der Waals surface area contributed by atoms with Crippen LogP contribution in [0.25, 0.3) is 11.4 Å². The number of halogens is 1. The van der Waals surface area contributed by atoms with E-state index in [0.717, 1.165) is 34.3 Å². The van der Waals surface area contributed by atoms with Crippen molar-refractivity contribution in [2.75, 3.05) is 5.32 Å². The zero-order chi connectivity index (χ0) is 16.7. The Bertz CT molecular complexity index is 910. The molecule has 3 aromatic rings. The minimum absolute atomic E-state index is 0.0355. The first-order valence-corrected chi connectivity index (χ1v) is 9.40. The Labute approximate surface area is 152 Å². The van der Waals surface area contributed by atoms with Crippen LogP contribution < -0.4 is 5.32 Å². The first kappa shape index (κ1) is 15.6. The summed E-state index contributed by atoms with van der Waals surface area (Å²) in [5.41, 5.74) is 2.59. The summed E-state index contributed by atoms with van der Waals surface area (Å²) in [6, 6.07) is 12.0. The van der Waals surface area contributed by atoms with Gasteiger partial charge in [-0.1, -0.05) is 28.1 Å². The highest BCUT2D eigenvalue weighted by Crippen LogP contribution is 2.49. The number of nitrogens with one attached hydrogen (secondary N) is 1. The molecule has 1 aliphatic carbocycles. The Morgan fingerprint density at radius 3 is 2.83 bits per heavy atom. The summed E-state index contributed by atoms with van der Waals surface area (Å²) >= 11 is 4.95. The third kappa shape index (κ3) is 2.70. The molecule has 4 rings (SSSR count). The number of hydrogen-bond donors (Lipinski definition) is 1. The van der Waals surface area contributed by atoms with E-state index in [4.69, 9.17) is 0 Å². The van der Waals surface area contributed by atoms with Gasteiger partial charge in [-0.3, -0.25) is 4.79 Å². The van der Waals surface area contributed by atoms with Gasteiger partial charge in [-0.2, -0.15) is 0 Å². The van der Waals surface area contributed by atoms with Gasteiger partial charge in [0.2, 0.25) is 5.91 Å². The first-order chi connectivity index (χ1) is 11.6. The normalized spacial score (nSPS) is 15.2. The predicted octanol–water partition coefficient (Wildman–Crippen LogP) is 4.58. The topological polar surface area (TPSA) is 46.9 Å². The number of carbonyl (C=O) groups excluding carboxylic acids is 1. The second kappa shape index (κ2) is 5.86. The van der Waals surface area contributed by atoms with Crippen LogP contribution in [0.2, 0.25) is 0 Å². The summed E-state index contributed by atoms with van der Waals surface area (Å²) in [5.74, 6) is 0.0355. The van der Waals surface area contributed by atoms with E-state index in [1.54, 1.807) is 0 Å². The molecular weight excluding hydrogens is 386 g/mol. The molecule has 0 bridgehead atoms. The molecule has 1 fully saturated rings. The quantitative estimate of drug-likeness (QED) is 0.695. The predicted molar refractivity (Wildman–Crippen MR) is 100 cm³/mol. The average molecular weight is 402 g/mol. The summed E-state index contributed by atoms with van der Waals surface area (Å²) < 4.78 is 3.02. The maximum Gasteiger partial charge on any atom is 0.236 e. The first-order valence-electron chi connectivity index (χ1n) is 7.73. The van der Waals surface area contributed by atoms with Gasteiger partial charge in [0.05, 0.1) is 16.8 Å². The molecule has 0 radical (unpaired) electrons. The van der Waals surface area contributed by atoms with E-state index >= 15 is 0 Å².